The molecule has 0 saturated carbocycles. The lowest BCUT2D eigenvalue weighted by molar-refractivity contribution is -0.128. The number of hydrogen-bond donors (Lipinski definition) is 1. The first kappa shape index (κ1) is 15.6. The third-order valence-corrected chi connectivity index (χ3v) is 3.97. The Balaban J connectivity index is 2.27. The molecule has 0 aromatic heterocycles. The number of ether oxygens (including phenoxy) is 1. The highest BCUT2D eigenvalue weighted by Gasteiger charge is 2.19. The van der Waals surface area contributed by atoms with Crippen LogP contribution in [0.2, 0.25) is 0 Å². The van der Waals surface area contributed by atoms with Gasteiger partial charge in [-0.2, -0.15) is 0 Å². The number of benzene rings is 1. The highest BCUT2D eigenvalue weighted by molar-refractivity contribution is 7.80. The maximum absolute atomic E-state index is 11.5. The second-order valence-corrected chi connectivity index (χ2v) is 5.53. The fourth-order valence-corrected chi connectivity index (χ4v) is 2.75. The molecule has 21 heavy (non-hydrogen) atoms. The molecule has 114 valence electrons. The van der Waals surface area contributed by atoms with Crippen molar-refractivity contribution in [2.45, 2.75) is 13.3 Å². The zero-order valence-electron chi connectivity index (χ0n) is 12.5. The van der Waals surface area contributed by atoms with Gasteiger partial charge in [0.2, 0.25) is 5.91 Å². The van der Waals surface area contributed by atoms with Gasteiger partial charge in [-0.3, -0.25) is 4.79 Å². The van der Waals surface area contributed by atoms with Crippen molar-refractivity contribution in [1.82, 2.24) is 4.90 Å². The zero-order chi connectivity index (χ0) is 15.4. The fourth-order valence-electron chi connectivity index (χ4n) is 2.58. The number of nitrogens with zero attached hydrogens (tertiary/aromatic N) is 2. The Morgan fingerprint density at radius 1 is 1.29 bits per heavy atom. The number of rotatable bonds is 3. The van der Waals surface area contributed by atoms with Crippen molar-refractivity contribution in [2.75, 3.05) is 38.2 Å². The van der Waals surface area contributed by atoms with Crippen molar-refractivity contribution in [3.05, 3.63) is 23.8 Å². The van der Waals surface area contributed by atoms with Crippen molar-refractivity contribution < 1.29 is 9.53 Å². The fraction of sp³-hybridized carbons (Fsp3) is 0.467. The summed E-state index contributed by atoms with van der Waals surface area (Å²) in [5.41, 5.74) is 7.65. The van der Waals surface area contributed by atoms with Gasteiger partial charge in [0.25, 0.3) is 0 Å². The van der Waals surface area contributed by atoms with E-state index in [2.05, 4.69) is 4.90 Å². The summed E-state index contributed by atoms with van der Waals surface area (Å²) in [6, 6.07) is 5.71. The molecule has 0 atom stereocenters. The van der Waals surface area contributed by atoms with Crippen molar-refractivity contribution in [3.63, 3.8) is 0 Å². The van der Waals surface area contributed by atoms with Crippen molar-refractivity contribution in [2.24, 2.45) is 5.73 Å². The molecule has 1 aliphatic rings. The monoisotopic (exact) mass is 307 g/mol. The summed E-state index contributed by atoms with van der Waals surface area (Å²) in [6.07, 6.45) is 0.924. The predicted molar refractivity (Wildman–Crippen MR) is 88.0 cm³/mol. The number of thiocarbonyl (C=S) groups is 1. The van der Waals surface area contributed by atoms with Gasteiger partial charge in [-0.25, -0.2) is 0 Å². The average molecular weight is 307 g/mol. The van der Waals surface area contributed by atoms with Gasteiger partial charge in [-0.1, -0.05) is 12.2 Å². The van der Waals surface area contributed by atoms with E-state index >= 15 is 0 Å². The van der Waals surface area contributed by atoms with Crippen LogP contribution >= 0.6 is 12.2 Å². The molecule has 0 unspecified atom stereocenters. The van der Waals surface area contributed by atoms with Crippen LogP contribution in [0.1, 0.15) is 18.9 Å². The largest absolute Gasteiger partial charge is 0.497 e. The summed E-state index contributed by atoms with van der Waals surface area (Å²) < 4.78 is 5.30. The topological polar surface area (TPSA) is 58.8 Å². The molecule has 1 aromatic rings. The average Bonchev–Trinajstić information content (AvgIpc) is 2.72. The Kier molecular flexibility index (Phi) is 5.01. The Bertz CT molecular complexity index is 548. The maximum atomic E-state index is 11.5. The van der Waals surface area contributed by atoms with E-state index in [1.807, 2.05) is 23.1 Å². The van der Waals surface area contributed by atoms with Crippen LogP contribution in [0.15, 0.2) is 18.2 Å². The van der Waals surface area contributed by atoms with E-state index in [4.69, 9.17) is 22.7 Å². The van der Waals surface area contributed by atoms with Crippen LogP contribution in [0.25, 0.3) is 0 Å². The van der Waals surface area contributed by atoms with Gasteiger partial charge in [-0.15, -0.1) is 0 Å². The number of hydrogen-bond acceptors (Lipinski definition) is 4. The van der Waals surface area contributed by atoms with Gasteiger partial charge < -0.3 is 20.3 Å². The first-order chi connectivity index (χ1) is 10.0. The second-order valence-electron chi connectivity index (χ2n) is 5.09. The first-order valence-electron chi connectivity index (χ1n) is 7.01. The molecule has 1 heterocycles. The van der Waals surface area contributed by atoms with Gasteiger partial charge in [0.15, 0.2) is 0 Å². The maximum Gasteiger partial charge on any atom is 0.219 e. The summed E-state index contributed by atoms with van der Waals surface area (Å²) in [7, 11) is 1.64. The van der Waals surface area contributed by atoms with Crippen LogP contribution in [-0.2, 0) is 4.79 Å². The third-order valence-electron chi connectivity index (χ3n) is 3.75. The molecule has 1 aromatic carbocycles. The SMILES string of the molecule is COc1ccc(C(N)=S)c(N2CCCN(C(C)=O)CC2)c1. The molecule has 0 aliphatic carbocycles. The summed E-state index contributed by atoms with van der Waals surface area (Å²) >= 11 is 5.14. The van der Waals surface area contributed by atoms with Crippen LogP contribution in [-0.4, -0.2) is 49.1 Å². The van der Waals surface area contributed by atoms with Crippen molar-refractivity contribution >= 4 is 28.8 Å². The summed E-state index contributed by atoms with van der Waals surface area (Å²) in [5.74, 6) is 0.898. The molecule has 6 heteroatoms. The number of nitrogens with two attached hydrogens (primary N) is 1. The lowest BCUT2D eigenvalue weighted by Gasteiger charge is -2.26. The van der Waals surface area contributed by atoms with Gasteiger partial charge >= 0.3 is 0 Å². The molecule has 0 radical (unpaired) electrons. The molecule has 2 rings (SSSR count). The molecule has 0 spiro atoms. The van der Waals surface area contributed by atoms with E-state index in [0.29, 0.717) is 11.5 Å². The Hall–Kier alpha value is -1.82. The van der Waals surface area contributed by atoms with Gasteiger partial charge in [0.1, 0.15) is 10.7 Å². The lowest BCUT2D eigenvalue weighted by Crippen LogP contribution is -2.34. The van der Waals surface area contributed by atoms with E-state index in [9.17, 15) is 4.79 Å². The van der Waals surface area contributed by atoms with Crippen molar-refractivity contribution in [1.29, 1.82) is 0 Å². The van der Waals surface area contributed by atoms with Crippen LogP contribution in [0.5, 0.6) is 5.75 Å². The highest BCUT2D eigenvalue weighted by Crippen LogP contribution is 2.27. The van der Waals surface area contributed by atoms with Crippen LogP contribution in [0.3, 0.4) is 0 Å². The lowest BCUT2D eigenvalue weighted by atomic mass is 10.1. The molecule has 1 saturated heterocycles. The normalized spacial score (nSPS) is 15.5. The molecular weight excluding hydrogens is 286 g/mol. The van der Waals surface area contributed by atoms with E-state index in [1.165, 1.54) is 0 Å². The number of anilines is 1. The van der Waals surface area contributed by atoms with E-state index < -0.39 is 0 Å². The molecular formula is C15H21N3O2S. The molecule has 1 fully saturated rings. The Morgan fingerprint density at radius 2 is 2.05 bits per heavy atom. The van der Waals surface area contributed by atoms with Gasteiger partial charge in [0, 0.05) is 44.7 Å². The molecule has 0 bridgehead atoms. The van der Waals surface area contributed by atoms with Crippen LogP contribution in [0, 0.1) is 0 Å². The molecule has 2 N–H and O–H groups in total. The first-order valence-corrected chi connectivity index (χ1v) is 7.42. The van der Waals surface area contributed by atoms with Gasteiger partial charge in [0.05, 0.1) is 12.8 Å². The standard InChI is InChI=1S/C15H21N3O2S/c1-11(19)17-6-3-7-18(9-8-17)14-10-12(20-2)4-5-13(14)15(16)21/h4-5,10H,3,6-9H2,1-2H3,(H2,16,21). The molecule has 1 amide bonds. The quantitative estimate of drug-likeness (QED) is 0.855. The minimum absolute atomic E-state index is 0.122. The Morgan fingerprint density at radius 3 is 2.67 bits per heavy atom. The van der Waals surface area contributed by atoms with Gasteiger partial charge in [-0.05, 0) is 18.6 Å². The summed E-state index contributed by atoms with van der Waals surface area (Å²) in [5, 5.41) is 0. The smallest absolute Gasteiger partial charge is 0.219 e. The minimum Gasteiger partial charge on any atom is -0.497 e. The Labute approximate surface area is 130 Å². The summed E-state index contributed by atoms with van der Waals surface area (Å²) in [6.45, 7) is 4.75. The highest BCUT2D eigenvalue weighted by atomic mass is 32.1. The second kappa shape index (κ2) is 6.76. The van der Waals surface area contributed by atoms with Crippen LogP contribution < -0.4 is 15.4 Å². The zero-order valence-corrected chi connectivity index (χ0v) is 13.3. The number of amides is 1. The third kappa shape index (κ3) is 3.64. The van der Waals surface area contributed by atoms with E-state index in [1.54, 1.807) is 14.0 Å². The summed E-state index contributed by atoms with van der Waals surface area (Å²) in [4.78, 5) is 16.0. The number of carbonyl (C=O) groups is 1. The minimum atomic E-state index is 0.122. The predicted octanol–water partition coefficient (Wildman–Crippen LogP) is 1.39. The number of methoxy groups -OCH3 is 1. The molecule has 1 aliphatic heterocycles. The number of carbonyl (C=O) groups excluding carboxylic acids is 1. The molecule has 5 nitrogen and oxygen atoms in total. The van der Waals surface area contributed by atoms with E-state index in [0.717, 1.165) is 43.1 Å². The van der Waals surface area contributed by atoms with E-state index in [-0.39, 0.29) is 5.91 Å². The van der Waals surface area contributed by atoms with Crippen molar-refractivity contribution in [3.8, 4) is 5.75 Å². The van der Waals surface area contributed by atoms with Crippen LogP contribution in [0.4, 0.5) is 5.69 Å².